The first-order valence-corrected chi connectivity index (χ1v) is 7.45. The minimum atomic E-state index is -0.0945. The summed E-state index contributed by atoms with van der Waals surface area (Å²) in [5, 5.41) is 3.02. The fourth-order valence-electron chi connectivity index (χ4n) is 1.93. The van der Waals surface area contributed by atoms with Crippen molar-refractivity contribution < 1.29 is 4.79 Å². The van der Waals surface area contributed by atoms with Gasteiger partial charge in [-0.1, -0.05) is 34.6 Å². The largest absolute Gasteiger partial charge is 0.355 e. The summed E-state index contributed by atoms with van der Waals surface area (Å²) in [4.78, 5) is 14.3. The molecule has 0 aliphatic rings. The highest BCUT2D eigenvalue weighted by Gasteiger charge is 2.26. The van der Waals surface area contributed by atoms with E-state index in [-0.39, 0.29) is 17.4 Å². The molecule has 0 aliphatic heterocycles. The molecule has 0 saturated heterocycles. The Hall–Kier alpha value is -0.610. The Labute approximate surface area is 119 Å². The average Bonchev–Trinajstić information content (AvgIpc) is 2.34. The molecule has 0 aromatic rings. The number of hydrogen-bond donors (Lipinski definition) is 2. The van der Waals surface area contributed by atoms with Crippen LogP contribution in [0.25, 0.3) is 0 Å². The Morgan fingerprint density at radius 3 is 2.32 bits per heavy atom. The monoisotopic (exact) mass is 271 g/mol. The van der Waals surface area contributed by atoms with Crippen LogP contribution in [-0.4, -0.2) is 43.0 Å². The lowest BCUT2D eigenvalue weighted by atomic mass is 9.92. The highest BCUT2D eigenvalue weighted by molar-refractivity contribution is 5.81. The Balaban J connectivity index is 4.33. The predicted octanol–water partition coefficient (Wildman–Crippen LogP) is 1.84. The maximum atomic E-state index is 12.1. The van der Waals surface area contributed by atoms with E-state index in [1.807, 2.05) is 6.92 Å². The molecule has 0 aromatic carbocycles. The Morgan fingerprint density at radius 1 is 1.32 bits per heavy atom. The number of likely N-dealkylation sites (N-methyl/N-ethyl adjacent to an activating group) is 1. The molecule has 0 bridgehead atoms. The summed E-state index contributed by atoms with van der Waals surface area (Å²) in [5.74, 6) is 0.740. The molecular weight excluding hydrogens is 238 g/mol. The van der Waals surface area contributed by atoms with E-state index in [1.54, 1.807) is 0 Å². The van der Waals surface area contributed by atoms with E-state index < -0.39 is 0 Å². The minimum Gasteiger partial charge on any atom is -0.355 e. The van der Waals surface area contributed by atoms with Crippen LogP contribution in [0.3, 0.4) is 0 Å². The van der Waals surface area contributed by atoms with Gasteiger partial charge < -0.3 is 11.1 Å². The minimum absolute atomic E-state index is 0.0441. The number of hydrogen-bond acceptors (Lipinski definition) is 3. The van der Waals surface area contributed by atoms with E-state index >= 15 is 0 Å². The predicted molar refractivity (Wildman–Crippen MR) is 82.0 cm³/mol. The fourth-order valence-corrected chi connectivity index (χ4v) is 1.93. The van der Waals surface area contributed by atoms with Crippen LogP contribution in [0.1, 0.15) is 48.0 Å². The number of nitrogens with zero attached hydrogens (tertiary/aromatic N) is 1. The molecule has 114 valence electrons. The molecule has 1 amide bonds. The summed E-state index contributed by atoms with van der Waals surface area (Å²) in [6.45, 7) is 15.8. The lowest BCUT2D eigenvalue weighted by Gasteiger charge is -2.34. The van der Waals surface area contributed by atoms with Gasteiger partial charge in [0, 0.05) is 13.1 Å². The van der Waals surface area contributed by atoms with Gasteiger partial charge >= 0.3 is 0 Å². The van der Waals surface area contributed by atoms with Crippen LogP contribution >= 0.6 is 0 Å². The van der Waals surface area contributed by atoms with Gasteiger partial charge in [0.25, 0.3) is 0 Å². The number of amides is 1. The molecule has 4 nitrogen and oxygen atoms in total. The highest BCUT2D eigenvalue weighted by Crippen LogP contribution is 2.16. The van der Waals surface area contributed by atoms with Crippen LogP contribution < -0.4 is 11.1 Å². The first-order chi connectivity index (χ1) is 8.73. The summed E-state index contributed by atoms with van der Waals surface area (Å²) >= 11 is 0. The van der Waals surface area contributed by atoms with Crippen LogP contribution in [0.5, 0.6) is 0 Å². The summed E-state index contributed by atoms with van der Waals surface area (Å²) < 4.78 is 0. The molecule has 0 aromatic heterocycles. The van der Waals surface area contributed by atoms with Gasteiger partial charge in [-0.2, -0.15) is 0 Å². The second-order valence-corrected chi connectivity index (χ2v) is 6.58. The fraction of sp³-hybridized carbons (Fsp3) is 0.933. The zero-order chi connectivity index (χ0) is 15.1. The molecule has 1 atom stereocenters. The molecule has 0 saturated carbocycles. The third-order valence-corrected chi connectivity index (χ3v) is 3.54. The lowest BCUT2D eigenvalue weighted by Crippen LogP contribution is -2.49. The van der Waals surface area contributed by atoms with Crippen molar-refractivity contribution in [3.63, 3.8) is 0 Å². The molecule has 0 heterocycles. The Morgan fingerprint density at radius 2 is 1.89 bits per heavy atom. The molecule has 19 heavy (non-hydrogen) atoms. The van der Waals surface area contributed by atoms with E-state index in [0.29, 0.717) is 12.5 Å². The van der Waals surface area contributed by atoms with Crippen LogP contribution in [0.2, 0.25) is 0 Å². The van der Waals surface area contributed by atoms with Crippen molar-refractivity contribution in [2.24, 2.45) is 17.1 Å². The van der Waals surface area contributed by atoms with Gasteiger partial charge in [0.15, 0.2) is 0 Å². The number of rotatable bonds is 9. The van der Waals surface area contributed by atoms with Gasteiger partial charge in [-0.3, -0.25) is 9.69 Å². The zero-order valence-electron chi connectivity index (χ0n) is 13.6. The first kappa shape index (κ1) is 18.4. The molecule has 0 fully saturated rings. The lowest BCUT2D eigenvalue weighted by molar-refractivity contribution is -0.126. The van der Waals surface area contributed by atoms with E-state index in [2.05, 4.69) is 44.8 Å². The summed E-state index contributed by atoms with van der Waals surface area (Å²) in [7, 11) is 0. The molecule has 0 radical (unpaired) electrons. The molecule has 0 aliphatic carbocycles. The maximum absolute atomic E-state index is 12.1. The quantitative estimate of drug-likeness (QED) is 0.673. The van der Waals surface area contributed by atoms with Crippen molar-refractivity contribution in [3.05, 3.63) is 0 Å². The maximum Gasteiger partial charge on any atom is 0.237 e. The molecule has 0 spiro atoms. The van der Waals surface area contributed by atoms with Crippen molar-refractivity contribution in [3.8, 4) is 0 Å². The van der Waals surface area contributed by atoms with Gasteiger partial charge in [-0.15, -0.1) is 0 Å². The molecule has 0 rings (SSSR count). The van der Waals surface area contributed by atoms with E-state index in [4.69, 9.17) is 5.73 Å². The number of nitrogens with two attached hydrogens (primary N) is 1. The third-order valence-electron chi connectivity index (χ3n) is 3.54. The van der Waals surface area contributed by atoms with Crippen LogP contribution in [0.4, 0.5) is 0 Å². The van der Waals surface area contributed by atoms with E-state index in [1.165, 1.54) is 0 Å². The summed E-state index contributed by atoms with van der Waals surface area (Å²) in [6.07, 6.45) is 1.03. The number of carbonyl (C=O) groups excluding carboxylic acids is 1. The molecular formula is C15H33N3O. The normalized spacial score (nSPS) is 13.9. The van der Waals surface area contributed by atoms with E-state index in [0.717, 1.165) is 26.1 Å². The second kappa shape index (κ2) is 8.54. The van der Waals surface area contributed by atoms with E-state index in [9.17, 15) is 4.79 Å². The van der Waals surface area contributed by atoms with Crippen molar-refractivity contribution in [1.82, 2.24) is 10.2 Å². The third kappa shape index (κ3) is 7.53. The SMILES string of the molecule is CCN(CC(C)(C)CN)C(C)C(=O)NCCC(C)C. The van der Waals surface area contributed by atoms with Crippen LogP contribution in [0, 0.1) is 11.3 Å². The summed E-state index contributed by atoms with van der Waals surface area (Å²) in [6, 6.07) is -0.0945. The molecule has 1 unspecified atom stereocenters. The number of nitrogens with one attached hydrogen (secondary N) is 1. The number of carbonyl (C=O) groups is 1. The Kier molecular flexibility index (Phi) is 8.26. The smallest absolute Gasteiger partial charge is 0.237 e. The standard InChI is InChI=1S/C15H33N3O/c1-7-18(11-15(5,6)10-16)13(4)14(19)17-9-8-12(2)3/h12-13H,7-11,16H2,1-6H3,(H,17,19). The van der Waals surface area contributed by atoms with Crippen molar-refractivity contribution >= 4 is 5.91 Å². The molecule has 4 heteroatoms. The van der Waals surface area contributed by atoms with Gasteiger partial charge in [0.1, 0.15) is 0 Å². The Bertz CT molecular complexity index is 264. The van der Waals surface area contributed by atoms with Gasteiger partial charge in [-0.25, -0.2) is 0 Å². The summed E-state index contributed by atoms with van der Waals surface area (Å²) in [5.41, 5.74) is 5.82. The topological polar surface area (TPSA) is 58.4 Å². The first-order valence-electron chi connectivity index (χ1n) is 7.45. The van der Waals surface area contributed by atoms with Gasteiger partial charge in [0.05, 0.1) is 6.04 Å². The van der Waals surface area contributed by atoms with Crippen LogP contribution in [0.15, 0.2) is 0 Å². The van der Waals surface area contributed by atoms with Crippen LogP contribution in [-0.2, 0) is 4.79 Å². The van der Waals surface area contributed by atoms with Gasteiger partial charge in [0.2, 0.25) is 5.91 Å². The van der Waals surface area contributed by atoms with Crippen molar-refractivity contribution in [1.29, 1.82) is 0 Å². The second-order valence-electron chi connectivity index (χ2n) is 6.58. The van der Waals surface area contributed by atoms with Gasteiger partial charge in [-0.05, 0) is 37.8 Å². The molecule has 3 N–H and O–H groups in total. The average molecular weight is 271 g/mol. The zero-order valence-corrected chi connectivity index (χ0v) is 13.6. The van der Waals surface area contributed by atoms with Crippen molar-refractivity contribution in [2.45, 2.75) is 54.0 Å². The van der Waals surface area contributed by atoms with Crippen molar-refractivity contribution in [2.75, 3.05) is 26.2 Å². The highest BCUT2D eigenvalue weighted by atomic mass is 16.2.